The molecule has 1 amide bonds. The van der Waals surface area contributed by atoms with Crippen LogP contribution in [0.1, 0.15) is 19.5 Å². The van der Waals surface area contributed by atoms with E-state index < -0.39 is 5.54 Å². The molecule has 0 bridgehead atoms. The lowest BCUT2D eigenvalue weighted by molar-refractivity contribution is -0.124. The van der Waals surface area contributed by atoms with Crippen LogP contribution in [0.25, 0.3) is 0 Å². The first kappa shape index (κ1) is 15.6. The Balaban J connectivity index is 2.49. The van der Waals surface area contributed by atoms with E-state index >= 15 is 0 Å². The topological polar surface area (TPSA) is 71.2 Å². The largest absolute Gasteiger partial charge is 0.368 e. The van der Waals surface area contributed by atoms with Gasteiger partial charge in [-0.2, -0.15) is 0 Å². The van der Waals surface area contributed by atoms with Gasteiger partial charge < -0.3 is 16.0 Å². The highest BCUT2D eigenvalue weighted by molar-refractivity contribution is 5.84. The predicted molar refractivity (Wildman–Crippen MR) is 76.7 cm³/mol. The van der Waals surface area contributed by atoms with E-state index in [0.717, 1.165) is 18.7 Å². The molecular weight excluding hydrogens is 240 g/mol. The lowest BCUT2D eigenvalue weighted by atomic mass is 10.0. The molecule has 0 saturated heterocycles. The van der Waals surface area contributed by atoms with Crippen LogP contribution in [0, 0.1) is 0 Å². The molecule has 1 atom stereocenters. The number of nitrogens with zero attached hydrogens (tertiary/aromatic N) is 2. The molecule has 5 heteroatoms. The molecular formula is C14H24N4O. The lowest BCUT2D eigenvalue weighted by Crippen LogP contribution is -2.59. The van der Waals surface area contributed by atoms with E-state index in [1.54, 1.807) is 6.20 Å². The quantitative estimate of drug-likeness (QED) is 0.713. The smallest absolute Gasteiger partial charge is 0.238 e. The maximum absolute atomic E-state index is 11.5. The monoisotopic (exact) mass is 264 g/mol. The van der Waals surface area contributed by atoms with Gasteiger partial charge >= 0.3 is 0 Å². The number of nitrogens with one attached hydrogen (secondary N) is 1. The highest BCUT2D eigenvalue weighted by Gasteiger charge is 2.31. The molecule has 3 N–H and O–H groups in total. The fraction of sp³-hybridized carbons (Fsp3) is 0.571. The Kier molecular flexibility index (Phi) is 5.92. The first-order valence-corrected chi connectivity index (χ1v) is 6.61. The number of hydrogen-bond acceptors (Lipinski definition) is 4. The number of carbonyl (C=O) groups excluding carboxylic acids is 1. The van der Waals surface area contributed by atoms with E-state index in [0.29, 0.717) is 13.1 Å². The van der Waals surface area contributed by atoms with Crippen LogP contribution in [-0.2, 0) is 11.2 Å². The summed E-state index contributed by atoms with van der Waals surface area (Å²) >= 11 is 0. The summed E-state index contributed by atoms with van der Waals surface area (Å²) in [5, 5.41) is 3.16. The minimum absolute atomic E-state index is 0.320. The van der Waals surface area contributed by atoms with Crippen molar-refractivity contribution in [1.29, 1.82) is 0 Å². The van der Waals surface area contributed by atoms with Crippen molar-refractivity contribution in [2.24, 2.45) is 5.73 Å². The van der Waals surface area contributed by atoms with Crippen LogP contribution < -0.4 is 11.1 Å². The Labute approximate surface area is 115 Å². The zero-order valence-electron chi connectivity index (χ0n) is 12.0. The van der Waals surface area contributed by atoms with Crippen molar-refractivity contribution in [3.8, 4) is 0 Å². The van der Waals surface area contributed by atoms with E-state index in [1.807, 2.05) is 39.1 Å². The molecule has 0 fully saturated rings. The van der Waals surface area contributed by atoms with Gasteiger partial charge in [0.05, 0.1) is 0 Å². The number of nitrogens with two attached hydrogens (primary N) is 1. The number of carbonyl (C=O) groups is 1. The van der Waals surface area contributed by atoms with Crippen LogP contribution in [0.2, 0.25) is 0 Å². The summed E-state index contributed by atoms with van der Waals surface area (Å²) in [5.74, 6) is -0.320. The van der Waals surface area contributed by atoms with Crippen molar-refractivity contribution in [2.75, 3.05) is 26.7 Å². The second-order valence-corrected chi connectivity index (χ2v) is 5.04. The van der Waals surface area contributed by atoms with Crippen LogP contribution in [0.15, 0.2) is 24.4 Å². The average Bonchev–Trinajstić information content (AvgIpc) is 2.37. The number of hydrogen-bond donors (Lipinski definition) is 2. The summed E-state index contributed by atoms with van der Waals surface area (Å²) in [7, 11) is 1.99. The third-order valence-electron chi connectivity index (χ3n) is 3.17. The minimum Gasteiger partial charge on any atom is -0.368 e. The van der Waals surface area contributed by atoms with E-state index in [9.17, 15) is 4.79 Å². The fourth-order valence-corrected chi connectivity index (χ4v) is 2.08. The molecule has 1 aromatic rings. The number of amides is 1. The molecule has 5 nitrogen and oxygen atoms in total. The van der Waals surface area contributed by atoms with Gasteiger partial charge in [0, 0.05) is 31.4 Å². The van der Waals surface area contributed by atoms with Crippen molar-refractivity contribution in [2.45, 2.75) is 25.8 Å². The first-order valence-electron chi connectivity index (χ1n) is 6.61. The van der Waals surface area contributed by atoms with Gasteiger partial charge in [0.25, 0.3) is 0 Å². The number of pyridine rings is 1. The highest BCUT2D eigenvalue weighted by atomic mass is 16.1. The zero-order chi connectivity index (χ0) is 14.3. The molecule has 1 aromatic heterocycles. The predicted octanol–water partition coefficient (Wildman–Crippen LogP) is 0.409. The fourth-order valence-electron chi connectivity index (χ4n) is 2.08. The first-order chi connectivity index (χ1) is 8.98. The van der Waals surface area contributed by atoms with Crippen molar-refractivity contribution < 1.29 is 4.79 Å². The average molecular weight is 264 g/mol. The summed E-state index contributed by atoms with van der Waals surface area (Å²) in [6, 6.07) is 5.89. The van der Waals surface area contributed by atoms with E-state index in [2.05, 4.69) is 15.2 Å². The van der Waals surface area contributed by atoms with Crippen LogP contribution in [0.3, 0.4) is 0 Å². The van der Waals surface area contributed by atoms with Gasteiger partial charge in [0.15, 0.2) is 0 Å². The summed E-state index contributed by atoms with van der Waals surface area (Å²) in [5.41, 5.74) is 5.84. The van der Waals surface area contributed by atoms with Crippen LogP contribution >= 0.6 is 0 Å². The Morgan fingerprint density at radius 1 is 1.53 bits per heavy atom. The number of aromatic nitrogens is 1. The summed E-state index contributed by atoms with van der Waals surface area (Å²) in [6.45, 7) is 5.95. The van der Waals surface area contributed by atoms with Crippen LogP contribution in [0.5, 0.6) is 0 Å². The SMILES string of the molecule is CCNC(C)(CN(C)CCc1ccccn1)C(N)=O. The molecule has 1 rings (SSSR count). The molecule has 0 radical (unpaired) electrons. The van der Waals surface area contributed by atoms with Crippen molar-refractivity contribution in [3.63, 3.8) is 0 Å². The second kappa shape index (κ2) is 7.21. The Morgan fingerprint density at radius 2 is 2.26 bits per heavy atom. The Hall–Kier alpha value is -1.46. The van der Waals surface area contributed by atoms with Crippen molar-refractivity contribution >= 4 is 5.91 Å². The third kappa shape index (κ3) is 4.96. The van der Waals surface area contributed by atoms with E-state index in [4.69, 9.17) is 5.73 Å². The van der Waals surface area contributed by atoms with Gasteiger partial charge in [-0.15, -0.1) is 0 Å². The van der Waals surface area contributed by atoms with E-state index in [1.165, 1.54) is 0 Å². The molecule has 1 unspecified atom stereocenters. The van der Waals surface area contributed by atoms with Gasteiger partial charge in [-0.25, -0.2) is 0 Å². The number of rotatable bonds is 8. The molecule has 0 aliphatic rings. The molecule has 0 saturated carbocycles. The lowest BCUT2D eigenvalue weighted by Gasteiger charge is -2.31. The maximum atomic E-state index is 11.5. The molecule has 0 aliphatic carbocycles. The van der Waals surface area contributed by atoms with Gasteiger partial charge in [0.1, 0.15) is 5.54 Å². The Bertz CT molecular complexity index is 396. The molecule has 0 aromatic carbocycles. The summed E-state index contributed by atoms with van der Waals surface area (Å²) < 4.78 is 0. The Morgan fingerprint density at radius 3 is 2.79 bits per heavy atom. The van der Waals surface area contributed by atoms with Gasteiger partial charge in [0.2, 0.25) is 5.91 Å². The summed E-state index contributed by atoms with van der Waals surface area (Å²) in [4.78, 5) is 17.9. The van der Waals surface area contributed by atoms with Gasteiger partial charge in [-0.1, -0.05) is 13.0 Å². The second-order valence-electron chi connectivity index (χ2n) is 5.04. The maximum Gasteiger partial charge on any atom is 0.238 e. The molecule has 0 aliphatic heterocycles. The molecule has 106 valence electrons. The van der Waals surface area contributed by atoms with Gasteiger partial charge in [-0.05, 0) is 32.6 Å². The molecule has 0 spiro atoms. The van der Waals surface area contributed by atoms with Gasteiger partial charge in [-0.3, -0.25) is 9.78 Å². The molecule has 1 heterocycles. The zero-order valence-corrected chi connectivity index (χ0v) is 12.0. The number of primary amides is 1. The standard InChI is InChI=1S/C14H24N4O/c1-4-17-14(2,13(15)19)11-18(3)10-8-12-7-5-6-9-16-12/h5-7,9,17H,4,8,10-11H2,1-3H3,(H2,15,19). The normalized spacial score (nSPS) is 14.3. The minimum atomic E-state index is -0.687. The summed E-state index contributed by atoms with van der Waals surface area (Å²) in [6.07, 6.45) is 2.65. The van der Waals surface area contributed by atoms with Crippen molar-refractivity contribution in [1.82, 2.24) is 15.2 Å². The highest BCUT2D eigenvalue weighted by Crippen LogP contribution is 2.06. The van der Waals surface area contributed by atoms with Crippen LogP contribution in [-0.4, -0.2) is 48.0 Å². The van der Waals surface area contributed by atoms with Crippen molar-refractivity contribution in [3.05, 3.63) is 30.1 Å². The van der Waals surface area contributed by atoms with Crippen LogP contribution in [0.4, 0.5) is 0 Å². The third-order valence-corrected chi connectivity index (χ3v) is 3.17. The van der Waals surface area contributed by atoms with E-state index in [-0.39, 0.29) is 5.91 Å². The molecule has 19 heavy (non-hydrogen) atoms. The number of likely N-dealkylation sites (N-methyl/N-ethyl adjacent to an activating group) is 2.